The highest BCUT2D eigenvalue weighted by atomic mass is 32.2. The van der Waals surface area contributed by atoms with Gasteiger partial charge in [0.25, 0.3) is 15.9 Å². The van der Waals surface area contributed by atoms with Gasteiger partial charge in [-0.15, -0.1) is 0 Å². The lowest BCUT2D eigenvalue weighted by Gasteiger charge is -2.26. The summed E-state index contributed by atoms with van der Waals surface area (Å²) in [7, 11) is -0.853. The molecule has 0 radical (unpaired) electrons. The van der Waals surface area contributed by atoms with Crippen LogP contribution in [0.3, 0.4) is 0 Å². The molecule has 2 rings (SSSR count). The van der Waals surface area contributed by atoms with Crippen LogP contribution in [0.5, 0.6) is 0 Å². The number of carbonyl (C=O) groups excluding carboxylic acids is 1. The summed E-state index contributed by atoms with van der Waals surface area (Å²) < 4.78 is 30.4. The van der Waals surface area contributed by atoms with E-state index in [2.05, 4.69) is 5.32 Å². The van der Waals surface area contributed by atoms with Crippen LogP contribution in [0.15, 0.2) is 15.6 Å². The van der Waals surface area contributed by atoms with Gasteiger partial charge in [-0.1, -0.05) is 0 Å². The van der Waals surface area contributed by atoms with Gasteiger partial charge in [0.2, 0.25) is 5.09 Å². The highest BCUT2D eigenvalue weighted by molar-refractivity contribution is 7.88. The Morgan fingerprint density at radius 2 is 1.91 bits per heavy atom. The molecule has 0 unspecified atom stereocenters. The average molecular weight is 329 g/mol. The zero-order valence-electron chi connectivity index (χ0n) is 13.1. The number of nitrogens with one attached hydrogen (secondary N) is 1. The Bertz CT molecular complexity index is 643. The predicted octanol–water partition coefficient (Wildman–Crippen LogP) is 0.838. The third kappa shape index (κ3) is 3.50. The number of rotatable bonds is 4. The number of sulfonamides is 1. The van der Waals surface area contributed by atoms with Crippen LogP contribution in [0.1, 0.15) is 41.8 Å². The van der Waals surface area contributed by atoms with Crippen molar-refractivity contribution in [3.63, 3.8) is 0 Å². The number of aryl methyl sites for hydroxylation is 1. The van der Waals surface area contributed by atoms with Crippen molar-refractivity contribution in [3.8, 4) is 0 Å². The van der Waals surface area contributed by atoms with Crippen LogP contribution >= 0.6 is 0 Å². The van der Waals surface area contributed by atoms with Crippen molar-refractivity contribution in [2.24, 2.45) is 5.73 Å². The number of nitrogens with two attached hydrogens (primary N) is 1. The van der Waals surface area contributed by atoms with E-state index >= 15 is 0 Å². The molecule has 3 N–H and O–H groups in total. The molecule has 1 aliphatic rings. The molecule has 8 heteroatoms. The fourth-order valence-electron chi connectivity index (χ4n) is 2.51. The maximum Gasteiger partial charge on any atom is 0.275 e. The highest BCUT2D eigenvalue weighted by Gasteiger charge is 2.27. The third-order valence-corrected chi connectivity index (χ3v) is 5.65. The zero-order chi connectivity index (χ0) is 16.5. The Balaban J connectivity index is 2.12. The highest BCUT2D eigenvalue weighted by Crippen LogP contribution is 2.22. The van der Waals surface area contributed by atoms with Crippen LogP contribution in [-0.4, -0.2) is 44.8 Å². The minimum atomic E-state index is -3.68. The Morgan fingerprint density at radius 3 is 2.45 bits per heavy atom. The summed E-state index contributed by atoms with van der Waals surface area (Å²) >= 11 is 0. The van der Waals surface area contributed by atoms with Gasteiger partial charge in [0, 0.05) is 32.2 Å². The zero-order valence-corrected chi connectivity index (χ0v) is 13.9. The summed E-state index contributed by atoms with van der Waals surface area (Å²) in [4.78, 5) is 12.3. The molecule has 0 bridgehead atoms. The monoisotopic (exact) mass is 329 g/mol. The smallest absolute Gasteiger partial charge is 0.275 e. The van der Waals surface area contributed by atoms with Gasteiger partial charge < -0.3 is 15.5 Å². The topological polar surface area (TPSA) is 106 Å². The molecule has 124 valence electrons. The first-order valence-electron chi connectivity index (χ1n) is 7.31. The lowest BCUT2D eigenvalue weighted by molar-refractivity contribution is 0.0924. The summed E-state index contributed by atoms with van der Waals surface area (Å²) in [6.45, 7) is 1.58. The largest absolute Gasteiger partial charge is 0.448 e. The molecule has 1 amide bonds. The minimum Gasteiger partial charge on any atom is -0.448 e. The molecule has 0 aliphatic heterocycles. The Hall–Kier alpha value is -1.38. The SMILES string of the molecule is Cc1oc(S(=O)(=O)N(C)C)cc1C(=O)NC1CCC(N)CC1. The van der Waals surface area contributed by atoms with E-state index in [0.717, 1.165) is 30.0 Å². The van der Waals surface area contributed by atoms with Crippen molar-refractivity contribution in [2.75, 3.05) is 14.1 Å². The van der Waals surface area contributed by atoms with Gasteiger partial charge in [0.1, 0.15) is 5.76 Å². The average Bonchev–Trinajstić information content (AvgIpc) is 2.84. The predicted molar refractivity (Wildman–Crippen MR) is 82.0 cm³/mol. The van der Waals surface area contributed by atoms with Crippen LogP contribution < -0.4 is 11.1 Å². The molecule has 1 saturated carbocycles. The molecule has 0 spiro atoms. The number of furan rings is 1. The van der Waals surface area contributed by atoms with Crippen LogP contribution in [0.4, 0.5) is 0 Å². The number of hydrogen-bond acceptors (Lipinski definition) is 5. The van der Waals surface area contributed by atoms with E-state index in [1.165, 1.54) is 20.2 Å². The first-order valence-corrected chi connectivity index (χ1v) is 8.75. The lowest BCUT2D eigenvalue weighted by atomic mass is 9.91. The lowest BCUT2D eigenvalue weighted by Crippen LogP contribution is -2.40. The molecule has 1 fully saturated rings. The molecule has 7 nitrogen and oxygen atoms in total. The first-order chi connectivity index (χ1) is 10.2. The summed E-state index contributed by atoms with van der Waals surface area (Å²) in [6.07, 6.45) is 3.45. The maximum atomic E-state index is 12.3. The van der Waals surface area contributed by atoms with Gasteiger partial charge in [-0.2, -0.15) is 0 Å². The third-order valence-electron chi connectivity index (χ3n) is 3.98. The standard InChI is InChI=1S/C14H23N3O4S/c1-9-12(8-13(21-9)22(19,20)17(2)3)14(18)16-11-6-4-10(15)5-7-11/h8,10-11H,4-7,15H2,1-3H3,(H,16,18). The summed E-state index contributed by atoms with van der Waals surface area (Å²) in [5.74, 6) is -0.00707. The molecule has 0 saturated heterocycles. The Kier molecular flexibility index (Phi) is 4.93. The summed E-state index contributed by atoms with van der Waals surface area (Å²) in [6, 6.07) is 1.57. The van der Waals surface area contributed by atoms with E-state index in [1.807, 2.05) is 0 Å². The maximum absolute atomic E-state index is 12.3. The van der Waals surface area contributed by atoms with Crippen LogP contribution in [-0.2, 0) is 10.0 Å². The van der Waals surface area contributed by atoms with Gasteiger partial charge in [0.15, 0.2) is 0 Å². The normalized spacial score (nSPS) is 22.8. The van der Waals surface area contributed by atoms with E-state index in [9.17, 15) is 13.2 Å². The van der Waals surface area contributed by atoms with Crippen molar-refractivity contribution in [2.45, 2.75) is 49.8 Å². The molecule has 1 aliphatic carbocycles. The summed E-state index contributed by atoms with van der Waals surface area (Å²) in [5.41, 5.74) is 6.10. The number of nitrogens with zero attached hydrogens (tertiary/aromatic N) is 1. The Morgan fingerprint density at radius 1 is 1.32 bits per heavy atom. The fraction of sp³-hybridized carbons (Fsp3) is 0.643. The molecule has 22 heavy (non-hydrogen) atoms. The van der Waals surface area contributed by atoms with Crippen LogP contribution in [0.25, 0.3) is 0 Å². The van der Waals surface area contributed by atoms with Gasteiger partial charge >= 0.3 is 0 Å². The second kappa shape index (κ2) is 6.39. The molecular formula is C14H23N3O4S. The Labute approximate surface area is 130 Å². The molecule has 1 aromatic heterocycles. The van der Waals surface area contributed by atoms with Crippen molar-refractivity contribution >= 4 is 15.9 Å². The van der Waals surface area contributed by atoms with Crippen LogP contribution in [0, 0.1) is 6.92 Å². The molecule has 1 aromatic rings. The van der Waals surface area contributed by atoms with Crippen molar-refractivity contribution in [3.05, 3.63) is 17.4 Å². The van der Waals surface area contributed by atoms with Gasteiger partial charge in [0.05, 0.1) is 5.56 Å². The minimum absolute atomic E-state index is 0.0792. The summed E-state index contributed by atoms with van der Waals surface area (Å²) in [5, 5.41) is 2.71. The molecular weight excluding hydrogens is 306 g/mol. The van der Waals surface area contributed by atoms with Crippen molar-refractivity contribution in [1.29, 1.82) is 0 Å². The number of hydrogen-bond donors (Lipinski definition) is 2. The second-order valence-corrected chi connectivity index (χ2v) is 7.99. The van der Waals surface area contributed by atoms with E-state index in [-0.39, 0.29) is 28.6 Å². The van der Waals surface area contributed by atoms with Crippen molar-refractivity contribution < 1.29 is 17.6 Å². The van der Waals surface area contributed by atoms with Gasteiger partial charge in [-0.05, 0) is 32.6 Å². The van der Waals surface area contributed by atoms with Crippen molar-refractivity contribution in [1.82, 2.24) is 9.62 Å². The first kappa shape index (κ1) is 17.0. The molecule has 0 aromatic carbocycles. The number of amides is 1. The van der Waals surface area contributed by atoms with Gasteiger partial charge in [-0.25, -0.2) is 12.7 Å². The molecule has 0 atom stereocenters. The second-order valence-electron chi connectivity index (χ2n) is 5.91. The van der Waals surface area contributed by atoms with E-state index < -0.39 is 10.0 Å². The number of carbonyl (C=O) groups is 1. The van der Waals surface area contributed by atoms with Crippen LogP contribution in [0.2, 0.25) is 0 Å². The van der Waals surface area contributed by atoms with Gasteiger partial charge in [-0.3, -0.25) is 4.79 Å². The fourth-order valence-corrected chi connectivity index (χ4v) is 3.37. The van der Waals surface area contributed by atoms with E-state index in [4.69, 9.17) is 10.2 Å². The van der Waals surface area contributed by atoms with E-state index in [0.29, 0.717) is 5.76 Å². The quantitative estimate of drug-likeness (QED) is 0.851. The molecule has 1 heterocycles. The van der Waals surface area contributed by atoms with E-state index in [1.54, 1.807) is 6.92 Å².